The van der Waals surface area contributed by atoms with Gasteiger partial charge in [-0.2, -0.15) is 0 Å². The van der Waals surface area contributed by atoms with Crippen LogP contribution in [0.5, 0.6) is 0 Å². The van der Waals surface area contributed by atoms with Crippen LogP contribution in [0.3, 0.4) is 0 Å². The molecule has 0 aliphatic carbocycles. The van der Waals surface area contributed by atoms with Crippen LogP contribution >= 0.6 is 11.8 Å². The van der Waals surface area contributed by atoms with Gasteiger partial charge in [0.15, 0.2) is 0 Å². The average molecular weight is 314 g/mol. The van der Waals surface area contributed by atoms with Crippen molar-refractivity contribution in [3.05, 3.63) is 29.8 Å². The Hall–Kier alpha value is -0.630. The summed E-state index contributed by atoms with van der Waals surface area (Å²) in [6, 6.07) is 7.79. The highest BCUT2D eigenvalue weighted by molar-refractivity contribution is 7.99. The summed E-state index contributed by atoms with van der Waals surface area (Å²) in [7, 11) is 0. The number of rotatable bonds is 4. The van der Waals surface area contributed by atoms with E-state index < -0.39 is 36.5 Å². The minimum Gasteiger partial charge on any atom is -0.394 e. The van der Waals surface area contributed by atoms with Crippen LogP contribution in [-0.4, -0.2) is 56.9 Å². The van der Waals surface area contributed by atoms with Gasteiger partial charge in [-0.15, -0.1) is 0 Å². The first-order valence-electron chi connectivity index (χ1n) is 7.01. The van der Waals surface area contributed by atoms with Gasteiger partial charge in [-0.05, 0) is 17.5 Å². The van der Waals surface area contributed by atoms with Crippen LogP contribution in [0.15, 0.2) is 29.2 Å². The van der Waals surface area contributed by atoms with Crippen molar-refractivity contribution < 1.29 is 25.2 Å². The average Bonchev–Trinajstić information content (AvgIpc) is 2.48. The van der Waals surface area contributed by atoms with Crippen LogP contribution in [0.1, 0.15) is 25.3 Å². The molecule has 1 aromatic rings. The van der Waals surface area contributed by atoms with Crippen molar-refractivity contribution in [1.82, 2.24) is 0 Å². The van der Waals surface area contributed by atoms with Crippen LogP contribution in [0.25, 0.3) is 0 Å². The van der Waals surface area contributed by atoms with Gasteiger partial charge in [0.05, 0.1) is 6.61 Å². The van der Waals surface area contributed by atoms with Gasteiger partial charge in [0, 0.05) is 4.90 Å². The first-order chi connectivity index (χ1) is 9.95. The molecule has 1 heterocycles. The number of ether oxygens (including phenoxy) is 1. The maximum Gasteiger partial charge on any atom is 0.136 e. The van der Waals surface area contributed by atoms with Gasteiger partial charge in [0.1, 0.15) is 29.9 Å². The van der Waals surface area contributed by atoms with Gasteiger partial charge in [0.25, 0.3) is 0 Å². The molecule has 2 rings (SSSR count). The Morgan fingerprint density at radius 2 is 1.76 bits per heavy atom. The third-order valence-electron chi connectivity index (χ3n) is 3.63. The number of aliphatic hydroxyl groups is 4. The van der Waals surface area contributed by atoms with Crippen LogP contribution in [0.4, 0.5) is 0 Å². The zero-order valence-electron chi connectivity index (χ0n) is 12.1. The van der Waals surface area contributed by atoms with Crippen molar-refractivity contribution in [2.75, 3.05) is 6.61 Å². The van der Waals surface area contributed by atoms with Crippen molar-refractivity contribution in [3.8, 4) is 0 Å². The second-order valence-electron chi connectivity index (χ2n) is 5.51. The number of aliphatic hydroxyl groups excluding tert-OH is 4. The molecule has 6 heteroatoms. The Morgan fingerprint density at radius 3 is 2.38 bits per heavy atom. The Bertz CT molecular complexity index is 465. The van der Waals surface area contributed by atoms with Crippen molar-refractivity contribution in [2.24, 2.45) is 0 Å². The monoisotopic (exact) mass is 314 g/mol. The normalized spacial score (nSPS) is 33.4. The fraction of sp³-hybridized carbons (Fsp3) is 0.600. The second-order valence-corrected chi connectivity index (χ2v) is 6.65. The summed E-state index contributed by atoms with van der Waals surface area (Å²) in [5.41, 5.74) is 0.389. The molecule has 1 aliphatic heterocycles. The molecular weight excluding hydrogens is 292 g/mol. The smallest absolute Gasteiger partial charge is 0.136 e. The summed E-state index contributed by atoms with van der Waals surface area (Å²) in [6.45, 7) is 3.74. The van der Waals surface area contributed by atoms with E-state index in [0.717, 1.165) is 10.5 Å². The number of thioether (sulfide) groups is 1. The Labute approximate surface area is 128 Å². The molecule has 0 amide bonds. The quantitative estimate of drug-likeness (QED) is 0.654. The fourth-order valence-corrected chi connectivity index (χ4v) is 3.70. The summed E-state index contributed by atoms with van der Waals surface area (Å²) < 4.78 is 5.52. The lowest BCUT2D eigenvalue weighted by Crippen LogP contribution is -2.57. The van der Waals surface area contributed by atoms with E-state index in [-0.39, 0.29) is 0 Å². The number of benzene rings is 1. The zero-order valence-corrected chi connectivity index (χ0v) is 12.9. The lowest BCUT2D eigenvalue weighted by molar-refractivity contribution is -0.205. The predicted octanol–water partition coefficient (Wildman–Crippen LogP) is 0.702. The third kappa shape index (κ3) is 3.59. The molecule has 1 fully saturated rings. The van der Waals surface area contributed by atoms with Gasteiger partial charge in [-0.3, -0.25) is 0 Å². The van der Waals surface area contributed by atoms with E-state index in [1.165, 1.54) is 11.8 Å². The van der Waals surface area contributed by atoms with Gasteiger partial charge < -0.3 is 25.2 Å². The molecule has 5 nitrogen and oxygen atoms in total. The first-order valence-corrected chi connectivity index (χ1v) is 7.89. The first kappa shape index (κ1) is 16.7. The van der Waals surface area contributed by atoms with E-state index >= 15 is 0 Å². The molecular formula is C15H22O5S. The molecule has 5 atom stereocenters. The van der Waals surface area contributed by atoms with E-state index in [1.54, 1.807) is 0 Å². The highest BCUT2D eigenvalue weighted by Gasteiger charge is 2.43. The summed E-state index contributed by atoms with van der Waals surface area (Å²) in [5, 5.41) is 38.9. The summed E-state index contributed by atoms with van der Waals surface area (Å²) in [5.74, 6) is 0.318. The van der Waals surface area contributed by atoms with Crippen LogP contribution < -0.4 is 0 Å². The van der Waals surface area contributed by atoms with Crippen molar-refractivity contribution >= 4 is 11.8 Å². The molecule has 0 saturated carbocycles. The zero-order chi connectivity index (χ0) is 15.6. The third-order valence-corrected chi connectivity index (χ3v) is 4.88. The highest BCUT2D eigenvalue weighted by atomic mass is 32.2. The van der Waals surface area contributed by atoms with Gasteiger partial charge >= 0.3 is 0 Å². The van der Waals surface area contributed by atoms with E-state index in [2.05, 4.69) is 13.8 Å². The Balaban J connectivity index is 2.19. The summed E-state index contributed by atoms with van der Waals surface area (Å²) in [4.78, 5) is 0.955. The van der Waals surface area contributed by atoms with Crippen molar-refractivity contribution in [3.63, 3.8) is 0 Å². The maximum absolute atomic E-state index is 10.1. The topological polar surface area (TPSA) is 90.2 Å². The molecule has 1 unspecified atom stereocenters. The number of hydrogen-bond acceptors (Lipinski definition) is 6. The molecule has 0 bridgehead atoms. The Kier molecular flexibility index (Phi) is 5.65. The molecule has 4 N–H and O–H groups in total. The fourth-order valence-electron chi connectivity index (χ4n) is 2.35. The standard InChI is InChI=1S/C15H22O5S/c1-8(2)9-5-3-4-6-11(9)21-15-14(19)13(18)12(17)10(7-16)20-15/h3-6,8,10,12-19H,7H2,1-2H3/t10-,12+,13+,14-,15?/m1/s1. The largest absolute Gasteiger partial charge is 0.394 e. The van der Waals surface area contributed by atoms with Gasteiger partial charge in [-0.25, -0.2) is 0 Å². The molecule has 1 aromatic carbocycles. The van der Waals surface area contributed by atoms with Gasteiger partial charge in [-0.1, -0.05) is 43.8 Å². The maximum atomic E-state index is 10.1. The minimum absolute atomic E-state index is 0.318. The second kappa shape index (κ2) is 7.09. The van der Waals surface area contributed by atoms with Crippen LogP contribution in [0.2, 0.25) is 0 Å². The Morgan fingerprint density at radius 1 is 1.10 bits per heavy atom. The van der Waals surface area contributed by atoms with Crippen molar-refractivity contribution in [2.45, 2.75) is 54.5 Å². The SMILES string of the molecule is CC(C)c1ccccc1SC1O[C@H](CO)[C@H](O)[C@H](O)[C@H]1O. The van der Waals surface area contributed by atoms with Crippen LogP contribution in [-0.2, 0) is 4.74 Å². The minimum atomic E-state index is -1.33. The summed E-state index contributed by atoms with van der Waals surface area (Å²) in [6.07, 6.45) is -4.73. The van der Waals surface area contributed by atoms with E-state index in [0.29, 0.717) is 5.92 Å². The van der Waals surface area contributed by atoms with Gasteiger partial charge in [0.2, 0.25) is 0 Å². The molecule has 1 aliphatic rings. The van der Waals surface area contributed by atoms with E-state index in [4.69, 9.17) is 4.74 Å². The lowest BCUT2D eigenvalue weighted by atomic mass is 10.0. The summed E-state index contributed by atoms with van der Waals surface area (Å²) >= 11 is 1.30. The van der Waals surface area contributed by atoms with Crippen LogP contribution in [0, 0.1) is 0 Å². The van der Waals surface area contributed by atoms with Crippen molar-refractivity contribution in [1.29, 1.82) is 0 Å². The molecule has 21 heavy (non-hydrogen) atoms. The molecule has 0 aromatic heterocycles. The lowest BCUT2D eigenvalue weighted by Gasteiger charge is -2.39. The molecule has 118 valence electrons. The van der Waals surface area contributed by atoms with E-state index in [1.807, 2.05) is 24.3 Å². The highest BCUT2D eigenvalue weighted by Crippen LogP contribution is 2.36. The molecule has 0 radical (unpaired) electrons. The predicted molar refractivity (Wildman–Crippen MR) is 80.2 cm³/mol. The molecule has 1 saturated heterocycles. The number of hydrogen-bond donors (Lipinski definition) is 4. The van der Waals surface area contributed by atoms with E-state index in [9.17, 15) is 20.4 Å². The molecule has 0 spiro atoms.